The number of halogens is 1. The van der Waals surface area contributed by atoms with Crippen LogP contribution in [0.4, 0.5) is 0 Å². The van der Waals surface area contributed by atoms with Gasteiger partial charge in [-0.1, -0.05) is 58.1 Å². The number of benzene rings is 2. The highest BCUT2D eigenvalue weighted by molar-refractivity contribution is 9.11. The first-order valence-corrected chi connectivity index (χ1v) is 6.24. The molecular weight excluding hydrogens is 272 g/mol. The zero-order valence-electron chi connectivity index (χ0n) is 9.23. The Kier molecular flexibility index (Phi) is 4.18. The van der Waals surface area contributed by atoms with Crippen LogP contribution in [0.15, 0.2) is 59.6 Å². The Labute approximate surface area is 110 Å². The van der Waals surface area contributed by atoms with Crippen molar-refractivity contribution in [2.45, 2.75) is 0 Å². The van der Waals surface area contributed by atoms with Crippen LogP contribution in [0.25, 0.3) is 6.08 Å². The van der Waals surface area contributed by atoms with Gasteiger partial charge in [0.1, 0.15) is 0 Å². The van der Waals surface area contributed by atoms with E-state index in [0.29, 0.717) is 0 Å². The van der Waals surface area contributed by atoms with Crippen LogP contribution in [0.1, 0.15) is 16.7 Å². The lowest BCUT2D eigenvalue weighted by Gasteiger charge is -1.93. The monoisotopic (exact) mass is 282 g/mol. The lowest BCUT2D eigenvalue weighted by atomic mass is 10.1. The van der Waals surface area contributed by atoms with E-state index >= 15 is 0 Å². The van der Waals surface area contributed by atoms with E-state index < -0.39 is 0 Å². The van der Waals surface area contributed by atoms with Gasteiger partial charge >= 0.3 is 0 Å². The van der Waals surface area contributed by atoms with Crippen LogP contribution in [-0.4, -0.2) is 0 Å². The van der Waals surface area contributed by atoms with Gasteiger partial charge in [-0.25, -0.2) is 0 Å². The van der Waals surface area contributed by atoms with E-state index in [0.717, 1.165) is 16.7 Å². The molecular formula is C16H11Br. The zero-order valence-corrected chi connectivity index (χ0v) is 10.8. The van der Waals surface area contributed by atoms with Crippen molar-refractivity contribution in [2.75, 3.05) is 0 Å². The predicted octanol–water partition coefficient (Wildman–Crippen LogP) is 4.45. The van der Waals surface area contributed by atoms with Gasteiger partial charge in [0.25, 0.3) is 0 Å². The molecule has 0 N–H and O–H groups in total. The van der Waals surface area contributed by atoms with Crippen LogP contribution < -0.4 is 0 Å². The standard InChI is InChI=1S/C16H11Br/c17-13-12-16-10-8-15(9-11-16)7-6-14-4-2-1-3-5-14/h1-5,8-13H/b13-12+. The second-order valence-electron chi connectivity index (χ2n) is 3.53. The maximum Gasteiger partial charge on any atom is 0.0249 e. The Balaban J connectivity index is 2.17. The van der Waals surface area contributed by atoms with Crippen molar-refractivity contribution in [3.63, 3.8) is 0 Å². The molecule has 82 valence electrons. The van der Waals surface area contributed by atoms with Gasteiger partial charge in [0.2, 0.25) is 0 Å². The number of hydrogen-bond acceptors (Lipinski definition) is 0. The third-order valence-corrected chi connectivity index (χ3v) is 2.56. The first-order chi connectivity index (χ1) is 8.38. The number of rotatable bonds is 1. The molecule has 0 aliphatic carbocycles. The van der Waals surface area contributed by atoms with Crippen LogP contribution in [0.3, 0.4) is 0 Å². The molecule has 2 aromatic rings. The molecule has 0 heterocycles. The van der Waals surface area contributed by atoms with E-state index in [4.69, 9.17) is 0 Å². The first kappa shape index (κ1) is 11.7. The lowest BCUT2D eigenvalue weighted by molar-refractivity contribution is 1.60. The van der Waals surface area contributed by atoms with Crippen LogP contribution in [-0.2, 0) is 0 Å². The molecule has 0 atom stereocenters. The summed E-state index contributed by atoms with van der Waals surface area (Å²) in [6, 6.07) is 18.1. The molecule has 0 aliphatic heterocycles. The average Bonchev–Trinajstić information content (AvgIpc) is 2.40. The fourth-order valence-electron chi connectivity index (χ4n) is 1.42. The van der Waals surface area contributed by atoms with E-state index in [2.05, 4.69) is 27.8 Å². The van der Waals surface area contributed by atoms with Crippen molar-refractivity contribution in [2.24, 2.45) is 0 Å². The van der Waals surface area contributed by atoms with Crippen LogP contribution in [0.2, 0.25) is 0 Å². The minimum atomic E-state index is 1.03. The maximum absolute atomic E-state index is 3.26. The van der Waals surface area contributed by atoms with Gasteiger partial charge in [0.05, 0.1) is 0 Å². The smallest absolute Gasteiger partial charge is 0.0249 e. The minimum Gasteiger partial charge on any atom is -0.0622 e. The first-order valence-electron chi connectivity index (χ1n) is 5.32. The second-order valence-corrected chi connectivity index (χ2v) is 4.06. The Morgan fingerprint density at radius 2 is 1.35 bits per heavy atom. The van der Waals surface area contributed by atoms with Gasteiger partial charge in [0.15, 0.2) is 0 Å². The van der Waals surface area contributed by atoms with Gasteiger partial charge in [-0.2, -0.15) is 0 Å². The summed E-state index contributed by atoms with van der Waals surface area (Å²) in [6.07, 6.45) is 1.99. The molecule has 1 heteroatoms. The molecule has 0 fully saturated rings. The van der Waals surface area contributed by atoms with Gasteiger partial charge in [-0.3, -0.25) is 0 Å². The van der Waals surface area contributed by atoms with Gasteiger partial charge in [-0.05, 0) is 40.9 Å². The molecule has 0 bridgehead atoms. The lowest BCUT2D eigenvalue weighted by Crippen LogP contribution is -1.76. The van der Waals surface area contributed by atoms with Crippen LogP contribution in [0.5, 0.6) is 0 Å². The highest BCUT2D eigenvalue weighted by Gasteiger charge is 1.88. The van der Waals surface area contributed by atoms with E-state index in [1.54, 1.807) is 0 Å². The van der Waals surface area contributed by atoms with Gasteiger partial charge < -0.3 is 0 Å². The van der Waals surface area contributed by atoms with E-state index in [1.165, 1.54) is 0 Å². The van der Waals surface area contributed by atoms with Crippen molar-refractivity contribution in [3.05, 3.63) is 76.3 Å². The highest BCUT2D eigenvalue weighted by Crippen LogP contribution is 2.06. The molecule has 0 spiro atoms. The van der Waals surface area contributed by atoms with Crippen molar-refractivity contribution in [1.82, 2.24) is 0 Å². The molecule has 0 nitrogen and oxygen atoms in total. The maximum atomic E-state index is 3.26. The Morgan fingerprint density at radius 3 is 1.94 bits per heavy atom. The number of hydrogen-bond donors (Lipinski definition) is 0. The summed E-state index contributed by atoms with van der Waals surface area (Å²) in [4.78, 5) is 1.84. The molecule has 2 aromatic carbocycles. The normalized spacial score (nSPS) is 9.94. The Morgan fingerprint density at radius 1 is 0.765 bits per heavy atom. The quantitative estimate of drug-likeness (QED) is 0.678. The van der Waals surface area contributed by atoms with Crippen molar-refractivity contribution in [1.29, 1.82) is 0 Å². The fraction of sp³-hybridized carbons (Fsp3) is 0. The molecule has 0 unspecified atom stereocenters. The third kappa shape index (κ3) is 3.62. The minimum absolute atomic E-state index is 1.03. The van der Waals surface area contributed by atoms with Crippen LogP contribution in [0, 0.1) is 11.8 Å². The SMILES string of the molecule is Br/C=C/c1ccc(C#Cc2ccccc2)cc1. The summed E-state index contributed by atoms with van der Waals surface area (Å²) in [6.45, 7) is 0. The summed E-state index contributed by atoms with van der Waals surface area (Å²) in [7, 11) is 0. The Hall–Kier alpha value is -1.78. The summed E-state index contributed by atoms with van der Waals surface area (Å²) in [5, 5.41) is 0. The predicted molar refractivity (Wildman–Crippen MR) is 76.8 cm³/mol. The van der Waals surface area contributed by atoms with E-state index in [-0.39, 0.29) is 0 Å². The highest BCUT2D eigenvalue weighted by atomic mass is 79.9. The van der Waals surface area contributed by atoms with Crippen LogP contribution >= 0.6 is 15.9 Å². The van der Waals surface area contributed by atoms with Crippen molar-refractivity contribution in [3.8, 4) is 11.8 Å². The van der Waals surface area contributed by atoms with Gasteiger partial charge in [0, 0.05) is 11.1 Å². The third-order valence-electron chi connectivity index (χ3n) is 2.29. The summed E-state index contributed by atoms with van der Waals surface area (Å²) < 4.78 is 0. The average molecular weight is 283 g/mol. The molecule has 17 heavy (non-hydrogen) atoms. The summed E-state index contributed by atoms with van der Waals surface area (Å²) in [5.74, 6) is 6.28. The molecule has 0 saturated carbocycles. The second kappa shape index (κ2) is 6.08. The summed E-state index contributed by atoms with van der Waals surface area (Å²) in [5.41, 5.74) is 3.23. The van der Waals surface area contributed by atoms with Crippen molar-refractivity contribution < 1.29 is 0 Å². The van der Waals surface area contributed by atoms with E-state index in [9.17, 15) is 0 Å². The van der Waals surface area contributed by atoms with Crippen molar-refractivity contribution >= 4 is 22.0 Å². The Bertz CT molecular complexity index is 554. The molecule has 0 aliphatic rings. The van der Waals surface area contributed by atoms with E-state index in [1.807, 2.05) is 65.7 Å². The molecule has 0 aromatic heterocycles. The van der Waals surface area contributed by atoms with Gasteiger partial charge in [-0.15, -0.1) is 0 Å². The topological polar surface area (TPSA) is 0 Å². The summed E-state index contributed by atoms with van der Waals surface area (Å²) >= 11 is 3.26. The molecule has 0 radical (unpaired) electrons. The largest absolute Gasteiger partial charge is 0.0622 e. The molecule has 2 rings (SSSR count). The zero-order chi connectivity index (χ0) is 11.9. The molecule has 0 amide bonds. The molecule has 0 saturated heterocycles. The fourth-order valence-corrected chi connectivity index (χ4v) is 1.72.